The number of nitrogens with zero attached hydrogens (tertiary/aromatic N) is 2. The third-order valence-electron chi connectivity index (χ3n) is 4.41. The Bertz CT molecular complexity index is 536. The van der Waals surface area contributed by atoms with Crippen molar-refractivity contribution in [1.29, 1.82) is 0 Å². The van der Waals surface area contributed by atoms with Crippen molar-refractivity contribution in [3.63, 3.8) is 0 Å². The van der Waals surface area contributed by atoms with E-state index < -0.39 is 10.7 Å². The van der Waals surface area contributed by atoms with Crippen molar-refractivity contribution in [1.82, 2.24) is 0 Å². The lowest BCUT2D eigenvalue weighted by Crippen LogP contribution is -2.35. The molecule has 2 fully saturated rings. The molecule has 6 heteroatoms. The summed E-state index contributed by atoms with van der Waals surface area (Å²) in [5, 5.41) is 11.0. The van der Waals surface area contributed by atoms with E-state index in [9.17, 15) is 14.5 Å². The van der Waals surface area contributed by atoms with Gasteiger partial charge in [-0.05, 0) is 37.2 Å². The van der Waals surface area contributed by atoms with Crippen molar-refractivity contribution >= 4 is 24.7 Å². The van der Waals surface area contributed by atoms with Gasteiger partial charge in [-0.3, -0.25) is 10.1 Å². The normalized spacial score (nSPS) is 20.6. The molecule has 98 valence electrons. The molecule has 1 aromatic carbocycles. The minimum Gasteiger partial charge on any atom is -0.366 e. The molecule has 1 spiro atoms. The van der Waals surface area contributed by atoms with Crippen molar-refractivity contribution in [3.8, 4) is 0 Å². The van der Waals surface area contributed by atoms with Gasteiger partial charge < -0.3 is 4.90 Å². The third-order valence-corrected chi connectivity index (χ3v) is 4.41. The van der Waals surface area contributed by atoms with Gasteiger partial charge in [-0.25, -0.2) is 4.39 Å². The molecule has 2 radical (unpaired) electrons. The van der Waals surface area contributed by atoms with Gasteiger partial charge in [0, 0.05) is 13.1 Å². The quantitative estimate of drug-likeness (QED) is 0.463. The molecule has 0 N–H and O–H groups in total. The monoisotopic (exact) mass is 260 g/mol. The van der Waals surface area contributed by atoms with Crippen LogP contribution in [0.25, 0.3) is 0 Å². The van der Waals surface area contributed by atoms with Crippen LogP contribution in [-0.4, -0.2) is 25.9 Å². The van der Waals surface area contributed by atoms with Gasteiger partial charge in [0.15, 0.2) is 0 Å². The van der Waals surface area contributed by atoms with Crippen LogP contribution in [0.15, 0.2) is 12.1 Å². The minimum atomic E-state index is -0.730. The van der Waals surface area contributed by atoms with E-state index in [2.05, 4.69) is 0 Å². The topological polar surface area (TPSA) is 46.4 Å². The van der Waals surface area contributed by atoms with E-state index in [0.717, 1.165) is 32.0 Å². The SMILES string of the molecule is [B]c1cc(N2CCC3(CC2)CC3)c([N+](=O)[O-])cc1F. The summed E-state index contributed by atoms with van der Waals surface area (Å²) in [5.74, 6) is -0.730. The number of halogens is 1. The van der Waals surface area contributed by atoms with Crippen molar-refractivity contribution in [3.05, 3.63) is 28.1 Å². The fourth-order valence-corrected chi connectivity index (χ4v) is 2.87. The number of rotatable bonds is 2. The first-order chi connectivity index (χ1) is 9.01. The molecule has 4 nitrogen and oxygen atoms in total. The van der Waals surface area contributed by atoms with Gasteiger partial charge in [0.05, 0.1) is 11.0 Å². The zero-order valence-corrected chi connectivity index (χ0v) is 10.6. The summed E-state index contributed by atoms with van der Waals surface area (Å²) in [6.07, 6.45) is 4.66. The van der Waals surface area contributed by atoms with Gasteiger partial charge in [-0.1, -0.05) is 5.46 Å². The van der Waals surface area contributed by atoms with Crippen LogP contribution in [0.1, 0.15) is 25.7 Å². The molecule has 0 aromatic heterocycles. The average molecular weight is 260 g/mol. The standard InChI is InChI=1S/C13H14BFN2O2/c14-9-7-11(12(17(18)19)8-10(9)15)16-5-3-13(1-2-13)4-6-16/h7-8H,1-6H2. The Balaban J connectivity index is 1.90. The van der Waals surface area contributed by atoms with Crippen LogP contribution in [0.2, 0.25) is 0 Å². The van der Waals surface area contributed by atoms with Crippen LogP contribution in [0.5, 0.6) is 0 Å². The van der Waals surface area contributed by atoms with Crippen molar-refractivity contribution in [2.45, 2.75) is 25.7 Å². The lowest BCUT2D eigenvalue weighted by atomic mass is 9.91. The molecule has 0 amide bonds. The molecule has 0 atom stereocenters. The predicted molar refractivity (Wildman–Crippen MR) is 71.6 cm³/mol. The number of hydrogen-bond acceptors (Lipinski definition) is 3. The van der Waals surface area contributed by atoms with Crippen LogP contribution in [-0.2, 0) is 0 Å². The van der Waals surface area contributed by atoms with Crippen LogP contribution < -0.4 is 10.4 Å². The Morgan fingerprint density at radius 3 is 2.42 bits per heavy atom. The molecule has 19 heavy (non-hydrogen) atoms. The Morgan fingerprint density at radius 1 is 1.26 bits per heavy atom. The maximum atomic E-state index is 13.4. The summed E-state index contributed by atoms with van der Waals surface area (Å²) in [7, 11) is 5.54. The number of nitro groups is 1. The number of hydrogen-bond donors (Lipinski definition) is 0. The van der Waals surface area contributed by atoms with Crippen molar-refractivity contribution < 1.29 is 9.31 Å². The molecule has 1 saturated heterocycles. The van der Waals surface area contributed by atoms with Crippen molar-refractivity contribution in [2.75, 3.05) is 18.0 Å². The summed E-state index contributed by atoms with van der Waals surface area (Å²) in [5.41, 5.74) is 0.710. The van der Waals surface area contributed by atoms with E-state index in [4.69, 9.17) is 7.85 Å². The molecule has 1 aliphatic heterocycles. The molecule has 3 rings (SSSR count). The van der Waals surface area contributed by atoms with Gasteiger partial charge in [0.1, 0.15) is 19.4 Å². The Morgan fingerprint density at radius 2 is 1.89 bits per heavy atom. The fraction of sp³-hybridized carbons (Fsp3) is 0.538. The second-order valence-electron chi connectivity index (χ2n) is 5.61. The summed E-state index contributed by atoms with van der Waals surface area (Å²) >= 11 is 0. The first-order valence-electron chi connectivity index (χ1n) is 6.49. The first kappa shape index (κ1) is 12.4. The molecule has 2 aliphatic rings. The Kier molecular flexibility index (Phi) is 2.76. The van der Waals surface area contributed by atoms with E-state index in [-0.39, 0.29) is 11.2 Å². The van der Waals surface area contributed by atoms with Gasteiger partial charge in [-0.15, -0.1) is 0 Å². The van der Waals surface area contributed by atoms with Gasteiger partial charge >= 0.3 is 0 Å². The Labute approximate surface area is 112 Å². The predicted octanol–water partition coefficient (Wildman–Crippen LogP) is 1.91. The smallest absolute Gasteiger partial charge is 0.295 e. The summed E-state index contributed by atoms with van der Waals surface area (Å²) in [4.78, 5) is 12.5. The van der Waals surface area contributed by atoms with E-state index in [1.165, 1.54) is 18.9 Å². The van der Waals surface area contributed by atoms with Crippen LogP contribution >= 0.6 is 0 Å². The lowest BCUT2D eigenvalue weighted by Gasteiger charge is -2.33. The van der Waals surface area contributed by atoms with E-state index >= 15 is 0 Å². The van der Waals surface area contributed by atoms with E-state index in [1.54, 1.807) is 0 Å². The highest BCUT2D eigenvalue weighted by molar-refractivity contribution is 6.33. The molecule has 1 aliphatic carbocycles. The van der Waals surface area contributed by atoms with Crippen LogP contribution in [0.3, 0.4) is 0 Å². The molecule has 1 saturated carbocycles. The minimum absolute atomic E-state index is 0.0349. The summed E-state index contributed by atoms with van der Waals surface area (Å²) < 4.78 is 13.4. The number of anilines is 1. The second-order valence-corrected chi connectivity index (χ2v) is 5.61. The number of piperidine rings is 1. The Hall–Kier alpha value is -1.59. The molecule has 1 heterocycles. The maximum Gasteiger partial charge on any atom is 0.295 e. The molecular formula is C13H14BFN2O2. The first-order valence-corrected chi connectivity index (χ1v) is 6.49. The second kappa shape index (κ2) is 4.22. The van der Waals surface area contributed by atoms with Gasteiger partial charge in [0.25, 0.3) is 5.69 Å². The summed E-state index contributed by atoms with van der Waals surface area (Å²) in [6, 6.07) is 2.31. The van der Waals surface area contributed by atoms with Crippen LogP contribution in [0, 0.1) is 21.3 Å². The maximum absolute atomic E-state index is 13.4. The third kappa shape index (κ3) is 2.20. The lowest BCUT2D eigenvalue weighted by molar-refractivity contribution is -0.384. The summed E-state index contributed by atoms with van der Waals surface area (Å²) in [6.45, 7) is 1.57. The zero-order valence-electron chi connectivity index (χ0n) is 10.6. The molecular weight excluding hydrogens is 246 g/mol. The highest BCUT2D eigenvalue weighted by Crippen LogP contribution is 2.54. The van der Waals surface area contributed by atoms with E-state index in [1.807, 2.05) is 4.90 Å². The number of benzene rings is 1. The van der Waals surface area contributed by atoms with Gasteiger partial charge in [0.2, 0.25) is 0 Å². The largest absolute Gasteiger partial charge is 0.366 e. The highest BCUT2D eigenvalue weighted by atomic mass is 19.1. The highest BCUT2D eigenvalue weighted by Gasteiger charge is 2.45. The number of nitro benzene ring substituents is 1. The molecule has 1 aromatic rings. The molecule has 0 unspecified atom stereocenters. The average Bonchev–Trinajstić information content (AvgIpc) is 3.13. The van der Waals surface area contributed by atoms with Crippen molar-refractivity contribution in [2.24, 2.45) is 5.41 Å². The van der Waals surface area contributed by atoms with Gasteiger partial charge in [-0.2, -0.15) is 0 Å². The van der Waals surface area contributed by atoms with E-state index in [0.29, 0.717) is 11.1 Å². The zero-order chi connectivity index (χ0) is 13.6. The molecule has 0 bridgehead atoms. The van der Waals surface area contributed by atoms with Crippen LogP contribution in [0.4, 0.5) is 15.8 Å². The fourth-order valence-electron chi connectivity index (χ4n) is 2.87.